The minimum atomic E-state index is 0.119. The minimum absolute atomic E-state index is 0.119. The van der Waals surface area contributed by atoms with Crippen molar-refractivity contribution in [2.45, 2.75) is 33.7 Å². The lowest BCUT2D eigenvalue weighted by atomic mass is 10.1. The number of rotatable bonds is 4. The van der Waals surface area contributed by atoms with Gasteiger partial charge >= 0.3 is 0 Å². The highest BCUT2D eigenvalue weighted by Crippen LogP contribution is 2.26. The quantitative estimate of drug-likeness (QED) is 0.638. The number of aromatic nitrogens is 1. The maximum atomic E-state index is 11.7. The van der Waals surface area contributed by atoms with Crippen molar-refractivity contribution in [3.63, 3.8) is 0 Å². The van der Waals surface area contributed by atoms with E-state index in [0.29, 0.717) is 0 Å². The Kier molecular flexibility index (Phi) is 3.84. The van der Waals surface area contributed by atoms with Crippen LogP contribution in [0.5, 0.6) is 0 Å². The minimum Gasteiger partial charge on any atom is -0.344 e. The van der Waals surface area contributed by atoms with E-state index in [1.54, 1.807) is 6.92 Å². The van der Waals surface area contributed by atoms with Gasteiger partial charge in [-0.15, -0.1) is 0 Å². The molecule has 0 spiro atoms. The molecule has 0 bridgehead atoms. The van der Waals surface area contributed by atoms with E-state index in [1.165, 1.54) is 27.7 Å². The number of aryl methyl sites for hydroxylation is 3. The van der Waals surface area contributed by atoms with Gasteiger partial charge < -0.3 is 4.57 Å². The molecule has 0 aliphatic heterocycles. The van der Waals surface area contributed by atoms with Crippen LogP contribution in [-0.2, 0) is 13.0 Å². The fourth-order valence-corrected chi connectivity index (χ4v) is 3.04. The number of carbonyl (C=O) groups is 1. The van der Waals surface area contributed by atoms with Crippen molar-refractivity contribution in [3.05, 3.63) is 70.9 Å². The number of carbonyl (C=O) groups excluding carboxylic acids is 1. The van der Waals surface area contributed by atoms with E-state index >= 15 is 0 Å². The normalized spacial score (nSPS) is 11.0. The summed E-state index contributed by atoms with van der Waals surface area (Å²) in [5, 5.41) is 1.25. The summed E-state index contributed by atoms with van der Waals surface area (Å²) in [6.45, 7) is 6.87. The Morgan fingerprint density at radius 1 is 1.05 bits per heavy atom. The van der Waals surface area contributed by atoms with Gasteiger partial charge in [0, 0.05) is 28.7 Å². The van der Waals surface area contributed by atoms with Gasteiger partial charge in [0.25, 0.3) is 0 Å². The van der Waals surface area contributed by atoms with Crippen molar-refractivity contribution in [1.82, 2.24) is 4.57 Å². The molecule has 3 rings (SSSR count). The van der Waals surface area contributed by atoms with E-state index in [4.69, 9.17) is 0 Å². The van der Waals surface area contributed by atoms with Gasteiger partial charge in [0.05, 0.1) is 0 Å². The molecule has 2 nitrogen and oxygen atoms in total. The molecule has 1 aromatic heterocycles. The van der Waals surface area contributed by atoms with Crippen molar-refractivity contribution >= 4 is 16.7 Å². The summed E-state index contributed by atoms with van der Waals surface area (Å²) in [6.07, 6.45) is 0.995. The average Bonchev–Trinajstić information content (AvgIpc) is 2.77. The number of hydrogen-bond donors (Lipinski definition) is 0. The Morgan fingerprint density at radius 3 is 2.45 bits per heavy atom. The van der Waals surface area contributed by atoms with Crippen molar-refractivity contribution in [1.29, 1.82) is 0 Å². The van der Waals surface area contributed by atoms with E-state index in [9.17, 15) is 4.79 Å². The third kappa shape index (κ3) is 2.57. The topological polar surface area (TPSA) is 22.0 Å². The molecule has 0 atom stereocenters. The van der Waals surface area contributed by atoms with E-state index in [-0.39, 0.29) is 5.78 Å². The Labute approximate surface area is 131 Å². The molecule has 22 heavy (non-hydrogen) atoms. The third-order valence-corrected chi connectivity index (χ3v) is 4.51. The zero-order chi connectivity index (χ0) is 15.7. The Morgan fingerprint density at radius 2 is 1.77 bits per heavy atom. The first-order valence-corrected chi connectivity index (χ1v) is 7.72. The first-order chi connectivity index (χ1) is 10.6. The fraction of sp³-hybridized carbons (Fsp3) is 0.250. The second kappa shape index (κ2) is 5.80. The van der Waals surface area contributed by atoms with Crippen LogP contribution in [0, 0.1) is 13.8 Å². The summed E-state index contributed by atoms with van der Waals surface area (Å²) in [5.74, 6) is 0.119. The van der Waals surface area contributed by atoms with E-state index < -0.39 is 0 Å². The lowest BCUT2D eigenvalue weighted by Gasteiger charge is -2.09. The van der Waals surface area contributed by atoms with Gasteiger partial charge in [-0.2, -0.15) is 0 Å². The van der Waals surface area contributed by atoms with Gasteiger partial charge in [-0.05, 0) is 44.4 Å². The number of ketones is 1. The maximum absolute atomic E-state index is 11.7. The van der Waals surface area contributed by atoms with Crippen LogP contribution in [0.4, 0.5) is 0 Å². The van der Waals surface area contributed by atoms with Crippen LogP contribution in [-0.4, -0.2) is 10.4 Å². The molecule has 0 aliphatic rings. The van der Waals surface area contributed by atoms with Crippen LogP contribution in [0.2, 0.25) is 0 Å². The predicted molar refractivity (Wildman–Crippen MR) is 91.6 cm³/mol. The third-order valence-electron chi connectivity index (χ3n) is 4.51. The predicted octanol–water partition coefficient (Wildman–Crippen LogP) is 4.70. The van der Waals surface area contributed by atoms with Crippen LogP contribution >= 0.6 is 0 Å². The second-order valence-electron chi connectivity index (χ2n) is 5.89. The molecule has 0 amide bonds. The number of nitrogens with zero attached hydrogens (tertiary/aromatic N) is 1. The van der Waals surface area contributed by atoms with Crippen LogP contribution < -0.4 is 0 Å². The van der Waals surface area contributed by atoms with Crippen molar-refractivity contribution in [3.8, 4) is 0 Å². The van der Waals surface area contributed by atoms with Gasteiger partial charge in [0.15, 0.2) is 5.78 Å². The molecule has 0 N–H and O–H groups in total. The molecule has 3 aromatic rings. The molecule has 0 fully saturated rings. The highest BCUT2D eigenvalue weighted by atomic mass is 16.1. The zero-order valence-electron chi connectivity index (χ0n) is 13.4. The second-order valence-corrected chi connectivity index (χ2v) is 5.89. The van der Waals surface area contributed by atoms with Crippen molar-refractivity contribution < 1.29 is 4.79 Å². The van der Waals surface area contributed by atoms with Gasteiger partial charge in [0.1, 0.15) is 0 Å². The molecular formula is C20H21NO. The van der Waals surface area contributed by atoms with Gasteiger partial charge in [-0.1, -0.05) is 42.5 Å². The largest absolute Gasteiger partial charge is 0.344 e. The van der Waals surface area contributed by atoms with Crippen molar-refractivity contribution in [2.24, 2.45) is 0 Å². The molecule has 112 valence electrons. The van der Waals surface area contributed by atoms with E-state index in [0.717, 1.165) is 18.5 Å². The van der Waals surface area contributed by atoms with Crippen LogP contribution in [0.1, 0.15) is 34.1 Å². The number of Topliss-reactive ketones (excluding diaryl/α,β-unsaturated/α-hetero) is 1. The van der Waals surface area contributed by atoms with E-state index in [1.807, 2.05) is 18.2 Å². The lowest BCUT2D eigenvalue weighted by molar-refractivity contribution is 0.101. The first-order valence-electron chi connectivity index (χ1n) is 7.72. The summed E-state index contributed by atoms with van der Waals surface area (Å²) in [6, 6.07) is 16.6. The van der Waals surface area contributed by atoms with Gasteiger partial charge in [-0.25, -0.2) is 0 Å². The average molecular weight is 291 g/mol. The smallest absolute Gasteiger partial charge is 0.159 e. The molecule has 2 heteroatoms. The lowest BCUT2D eigenvalue weighted by Crippen LogP contribution is -2.04. The highest BCUT2D eigenvalue weighted by molar-refractivity contribution is 5.98. The molecule has 0 saturated carbocycles. The molecule has 0 radical (unpaired) electrons. The highest BCUT2D eigenvalue weighted by Gasteiger charge is 2.12. The molecular weight excluding hydrogens is 270 g/mol. The van der Waals surface area contributed by atoms with Crippen LogP contribution in [0.25, 0.3) is 10.9 Å². The Bertz CT molecular complexity index is 828. The fourth-order valence-electron chi connectivity index (χ4n) is 3.04. The van der Waals surface area contributed by atoms with E-state index in [2.05, 4.69) is 48.7 Å². The molecule has 2 aromatic carbocycles. The van der Waals surface area contributed by atoms with Gasteiger partial charge in [0.2, 0.25) is 0 Å². The molecule has 0 unspecified atom stereocenters. The van der Waals surface area contributed by atoms with Gasteiger partial charge in [-0.3, -0.25) is 4.79 Å². The Balaban J connectivity index is 2.02. The number of fused-ring (bicyclic) bond motifs is 1. The number of benzene rings is 2. The molecule has 0 aliphatic carbocycles. The molecule has 0 saturated heterocycles. The van der Waals surface area contributed by atoms with Crippen LogP contribution in [0.3, 0.4) is 0 Å². The Hall–Kier alpha value is -2.35. The number of hydrogen-bond acceptors (Lipinski definition) is 1. The molecule has 1 heterocycles. The summed E-state index contributed by atoms with van der Waals surface area (Å²) in [7, 11) is 0. The standard InChI is InChI=1S/C20H21NO/c1-14-15(2)21(12-11-17-7-5-4-6-8-17)20-13-18(16(3)22)9-10-19(14)20/h4-10,13H,11-12H2,1-3H3. The summed E-state index contributed by atoms with van der Waals surface area (Å²) >= 11 is 0. The SMILES string of the molecule is CC(=O)c1ccc2c(C)c(C)n(CCc3ccccc3)c2c1. The zero-order valence-corrected chi connectivity index (χ0v) is 13.4. The van der Waals surface area contributed by atoms with Crippen molar-refractivity contribution in [2.75, 3.05) is 0 Å². The summed E-state index contributed by atoms with van der Waals surface area (Å²) in [5.41, 5.74) is 5.87. The monoisotopic (exact) mass is 291 g/mol. The van der Waals surface area contributed by atoms with Crippen LogP contribution in [0.15, 0.2) is 48.5 Å². The maximum Gasteiger partial charge on any atom is 0.159 e. The summed E-state index contributed by atoms with van der Waals surface area (Å²) < 4.78 is 2.34. The summed E-state index contributed by atoms with van der Waals surface area (Å²) in [4.78, 5) is 11.7. The first kappa shape index (κ1) is 14.6.